The molecule has 0 aliphatic carbocycles. The summed E-state index contributed by atoms with van der Waals surface area (Å²) in [6, 6.07) is 15.8. The molecule has 10 heteroatoms. The lowest BCUT2D eigenvalue weighted by atomic mass is 10.1. The molecule has 1 fully saturated rings. The Morgan fingerprint density at radius 2 is 1.84 bits per heavy atom. The Kier molecular flexibility index (Phi) is 6.33. The molecule has 2 amide bonds. The van der Waals surface area contributed by atoms with Crippen molar-refractivity contribution < 1.29 is 18.0 Å². The summed E-state index contributed by atoms with van der Waals surface area (Å²) in [7, 11) is -3.55. The van der Waals surface area contributed by atoms with Gasteiger partial charge < -0.3 is 10.2 Å². The fraction of sp³-hybridized carbons (Fsp3) is 0.273. The van der Waals surface area contributed by atoms with Crippen LogP contribution in [0, 0.1) is 5.92 Å². The van der Waals surface area contributed by atoms with Crippen LogP contribution in [-0.4, -0.2) is 37.0 Å². The Labute approximate surface area is 190 Å². The van der Waals surface area contributed by atoms with Crippen molar-refractivity contribution in [2.24, 2.45) is 5.92 Å². The van der Waals surface area contributed by atoms with Crippen molar-refractivity contribution in [2.45, 2.75) is 30.4 Å². The third-order valence-electron chi connectivity index (χ3n) is 5.27. The zero-order chi connectivity index (χ0) is 22.7. The van der Waals surface area contributed by atoms with E-state index in [4.69, 9.17) is 0 Å². The Bertz CT molecular complexity index is 1240. The number of rotatable bonds is 7. The van der Waals surface area contributed by atoms with E-state index < -0.39 is 15.8 Å². The van der Waals surface area contributed by atoms with E-state index in [0.29, 0.717) is 0 Å². The average Bonchev–Trinajstić information content (AvgIpc) is 3.40. The van der Waals surface area contributed by atoms with E-state index in [-0.39, 0.29) is 45.6 Å². The van der Waals surface area contributed by atoms with E-state index in [0.717, 1.165) is 29.0 Å². The Balaban J connectivity index is 1.41. The topological polar surface area (TPSA) is 109 Å². The number of hydrogen-bond donors (Lipinski definition) is 1. The van der Waals surface area contributed by atoms with Gasteiger partial charge in [-0.05, 0) is 30.2 Å². The number of carbonyl (C=O) groups is 2. The number of sulfone groups is 1. The molecule has 8 nitrogen and oxygen atoms in total. The monoisotopic (exact) mass is 470 g/mol. The second kappa shape index (κ2) is 9.17. The van der Waals surface area contributed by atoms with Crippen LogP contribution in [0.25, 0.3) is 0 Å². The van der Waals surface area contributed by atoms with Crippen LogP contribution in [0.2, 0.25) is 0 Å². The van der Waals surface area contributed by atoms with Gasteiger partial charge in [-0.2, -0.15) is 0 Å². The predicted octanol–water partition coefficient (Wildman–Crippen LogP) is 3.07. The number of para-hydroxylation sites is 1. The number of carbonyl (C=O) groups excluding carboxylic acids is 2. The van der Waals surface area contributed by atoms with Gasteiger partial charge in [0.25, 0.3) is 0 Å². The standard InChI is InChI=1S/C22H22N4O4S2/c1-2-15-8-6-7-11-18(15)26-13-16(12-20(26)27)21(28)23-22-25-24-19(31-22)14-32(29,30)17-9-4-3-5-10-17/h3-11,16H,2,12-14H2,1H3,(H,23,25,28). The van der Waals surface area contributed by atoms with E-state index in [1.807, 2.05) is 31.2 Å². The molecule has 2 heterocycles. The van der Waals surface area contributed by atoms with Crippen molar-refractivity contribution in [2.75, 3.05) is 16.8 Å². The normalized spacial score (nSPS) is 16.3. The molecule has 0 spiro atoms. The molecule has 0 bridgehead atoms. The number of aromatic nitrogens is 2. The van der Waals surface area contributed by atoms with Crippen LogP contribution in [0.1, 0.15) is 23.9 Å². The number of anilines is 2. The minimum absolute atomic E-state index is 0.0991. The van der Waals surface area contributed by atoms with Gasteiger partial charge in [0, 0.05) is 18.7 Å². The zero-order valence-corrected chi connectivity index (χ0v) is 19.0. The van der Waals surface area contributed by atoms with Crippen LogP contribution in [0.3, 0.4) is 0 Å². The smallest absolute Gasteiger partial charge is 0.231 e. The van der Waals surface area contributed by atoms with E-state index >= 15 is 0 Å². The highest BCUT2D eigenvalue weighted by molar-refractivity contribution is 7.90. The Morgan fingerprint density at radius 1 is 1.12 bits per heavy atom. The van der Waals surface area contributed by atoms with Gasteiger partial charge in [-0.1, -0.05) is 54.7 Å². The van der Waals surface area contributed by atoms with Gasteiger partial charge in [-0.25, -0.2) is 8.42 Å². The van der Waals surface area contributed by atoms with Crippen LogP contribution < -0.4 is 10.2 Å². The number of nitrogens with zero attached hydrogens (tertiary/aromatic N) is 3. The summed E-state index contributed by atoms with van der Waals surface area (Å²) in [5, 5.41) is 11.0. The molecule has 1 saturated heterocycles. The molecule has 1 unspecified atom stereocenters. The molecule has 1 N–H and O–H groups in total. The molecule has 3 aromatic rings. The quantitative estimate of drug-likeness (QED) is 0.568. The number of amides is 2. The predicted molar refractivity (Wildman–Crippen MR) is 122 cm³/mol. The molecule has 32 heavy (non-hydrogen) atoms. The zero-order valence-electron chi connectivity index (χ0n) is 17.4. The van der Waals surface area contributed by atoms with Crippen molar-refractivity contribution in [1.82, 2.24) is 10.2 Å². The van der Waals surface area contributed by atoms with Gasteiger partial charge in [-0.15, -0.1) is 10.2 Å². The van der Waals surface area contributed by atoms with Crippen molar-refractivity contribution >= 4 is 43.8 Å². The maximum atomic E-state index is 12.7. The first-order chi connectivity index (χ1) is 15.4. The van der Waals surface area contributed by atoms with Crippen LogP contribution in [0.15, 0.2) is 59.5 Å². The fourth-order valence-electron chi connectivity index (χ4n) is 3.63. The number of nitrogens with one attached hydrogen (secondary N) is 1. The average molecular weight is 471 g/mol. The highest BCUT2D eigenvalue weighted by Crippen LogP contribution is 2.29. The van der Waals surface area contributed by atoms with Gasteiger partial charge in [0.2, 0.25) is 16.9 Å². The SMILES string of the molecule is CCc1ccccc1N1CC(C(=O)Nc2nnc(CS(=O)(=O)c3ccccc3)s2)CC1=O. The molecule has 1 aliphatic heterocycles. The second-order valence-electron chi connectivity index (χ2n) is 7.45. The first-order valence-electron chi connectivity index (χ1n) is 10.2. The summed E-state index contributed by atoms with van der Waals surface area (Å²) in [4.78, 5) is 27.2. The summed E-state index contributed by atoms with van der Waals surface area (Å²) in [6.45, 7) is 2.31. The summed E-state index contributed by atoms with van der Waals surface area (Å²) in [6.07, 6.45) is 0.897. The number of aryl methyl sites for hydroxylation is 1. The third kappa shape index (κ3) is 4.71. The van der Waals surface area contributed by atoms with Crippen molar-refractivity contribution in [3.05, 3.63) is 65.2 Å². The highest BCUT2D eigenvalue weighted by atomic mass is 32.2. The summed E-state index contributed by atoms with van der Waals surface area (Å²) >= 11 is 1.01. The molecule has 1 aliphatic rings. The maximum Gasteiger partial charge on any atom is 0.231 e. The molecule has 1 atom stereocenters. The molecular weight excluding hydrogens is 448 g/mol. The molecule has 0 radical (unpaired) electrons. The lowest BCUT2D eigenvalue weighted by Crippen LogP contribution is -2.28. The summed E-state index contributed by atoms with van der Waals surface area (Å²) in [5.74, 6) is -1.25. The largest absolute Gasteiger partial charge is 0.311 e. The molecular formula is C22H22N4O4S2. The Morgan fingerprint density at radius 3 is 2.59 bits per heavy atom. The van der Waals surface area contributed by atoms with E-state index in [1.165, 1.54) is 12.1 Å². The highest BCUT2D eigenvalue weighted by Gasteiger charge is 2.36. The first-order valence-corrected chi connectivity index (χ1v) is 12.6. The number of hydrogen-bond acceptors (Lipinski definition) is 7. The third-order valence-corrected chi connectivity index (χ3v) is 7.94. The van der Waals surface area contributed by atoms with Gasteiger partial charge in [0.1, 0.15) is 10.8 Å². The summed E-state index contributed by atoms with van der Waals surface area (Å²) in [5.41, 5.74) is 1.88. The molecule has 0 saturated carbocycles. The fourth-order valence-corrected chi connectivity index (χ4v) is 5.99. The van der Waals surface area contributed by atoms with Crippen molar-refractivity contribution in [3.63, 3.8) is 0 Å². The molecule has 4 rings (SSSR count). The lowest BCUT2D eigenvalue weighted by Gasteiger charge is -2.19. The van der Waals surface area contributed by atoms with Gasteiger partial charge in [0.15, 0.2) is 9.84 Å². The molecule has 2 aromatic carbocycles. The second-order valence-corrected chi connectivity index (χ2v) is 10.5. The van der Waals surface area contributed by atoms with E-state index in [9.17, 15) is 18.0 Å². The van der Waals surface area contributed by atoms with E-state index in [2.05, 4.69) is 15.5 Å². The Hall–Kier alpha value is -3.11. The molecule has 1 aromatic heterocycles. The van der Waals surface area contributed by atoms with Crippen LogP contribution in [0.4, 0.5) is 10.8 Å². The van der Waals surface area contributed by atoms with Gasteiger partial charge in [0.05, 0.1) is 10.8 Å². The van der Waals surface area contributed by atoms with Crippen LogP contribution >= 0.6 is 11.3 Å². The maximum absolute atomic E-state index is 12.7. The van der Waals surface area contributed by atoms with Crippen molar-refractivity contribution in [3.8, 4) is 0 Å². The first kappa shape index (κ1) is 22.1. The van der Waals surface area contributed by atoms with E-state index in [1.54, 1.807) is 23.1 Å². The van der Waals surface area contributed by atoms with Crippen LogP contribution in [0.5, 0.6) is 0 Å². The summed E-state index contributed by atoms with van der Waals surface area (Å²) < 4.78 is 25.0. The molecule has 166 valence electrons. The lowest BCUT2D eigenvalue weighted by molar-refractivity contribution is -0.122. The van der Waals surface area contributed by atoms with Crippen molar-refractivity contribution in [1.29, 1.82) is 0 Å². The van der Waals surface area contributed by atoms with Crippen LogP contribution in [-0.2, 0) is 31.6 Å². The van der Waals surface area contributed by atoms with Gasteiger partial charge >= 0.3 is 0 Å². The minimum Gasteiger partial charge on any atom is -0.311 e. The minimum atomic E-state index is -3.55. The number of benzene rings is 2. The van der Waals surface area contributed by atoms with Gasteiger partial charge in [-0.3, -0.25) is 9.59 Å².